The zero-order valence-electron chi connectivity index (χ0n) is 11.0. The second-order valence-electron chi connectivity index (χ2n) is 4.61. The normalized spacial score (nSPS) is 12.2. The highest BCUT2D eigenvalue weighted by atomic mass is 19.1. The highest BCUT2D eigenvalue weighted by Gasteiger charge is 2.08. The van der Waals surface area contributed by atoms with Crippen LogP contribution < -0.4 is 10.6 Å². The standard InChI is InChI=1S/C14H17FN4/c1-10(16)6-11-8-17-14(18-9-11)19(2)13-5-3-4-12(15)7-13/h3-5,7-10H,6,16H2,1-2H3. The molecule has 100 valence electrons. The first kappa shape index (κ1) is 13.4. The molecule has 2 rings (SSSR count). The number of hydrogen-bond donors (Lipinski definition) is 1. The maximum Gasteiger partial charge on any atom is 0.229 e. The molecule has 0 aliphatic rings. The second-order valence-corrected chi connectivity index (χ2v) is 4.61. The first-order chi connectivity index (χ1) is 9.06. The Kier molecular flexibility index (Phi) is 4.06. The SMILES string of the molecule is CC(N)Cc1cnc(N(C)c2cccc(F)c2)nc1. The molecule has 1 unspecified atom stereocenters. The number of rotatable bonds is 4. The minimum absolute atomic E-state index is 0.0791. The minimum Gasteiger partial charge on any atom is -0.328 e. The minimum atomic E-state index is -0.280. The van der Waals surface area contributed by atoms with Crippen LogP contribution in [0.5, 0.6) is 0 Å². The average Bonchev–Trinajstić information content (AvgIpc) is 2.38. The molecule has 1 atom stereocenters. The first-order valence-corrected chi connectivity index (χ1v) is 6.12. The third-order valence-corrected chi connectivity index (χ3v) is 2.74. The first-order valence-electron chi connectivity index (χ1n) is 6.12. The third-order valence-electron chi connectivity index (χ3n) is 2.74. The summed E-state index contributed by atoms with van der Waals surface area (Å²) in [5, 5.41) is 0. The molecule has 0 aliphatic carbocycles. The van der Waals surface area contributed by atoms with E-state index in [0.29, 0.717) is 11.6 Å². The molecule has 1 aromatic carbocycles. The largest absolute Gasteiger partial charge is 0.328 e. The van der Waals surface area contributed by atoms with Crippen molar-refractivity contribution in [2.45, 2.75) is 19.4 Å². The van der Waals surface area contributed by atoms with Crippen LogP contribution >= 0.6 is 0 Å². The van der Waals surface area contributed by atoms with Gasteiger partial charge in [-0.05, 0) is 37.1 Å². The Balaban J connectivity index is 2.17. The van der Waals surface area contributed by atoms with E-state index >= 15 is 0 Å². The maximum absolute atomic E-state index is 13.2. The molecule has 4 nitrogen and oxygen atoms in total. The molecule has 19 heavy (non-hydrogen) atoms. The van der Waals surface area contributed by atoms with Gasteiger partial charge in [0.1, 0.15) is 5.82 Å². The maximum atomic E-state index is 13.2. The van der Waals surface area contributed by atoms with Crippen LogP contribution in [0.15, 0.2) is 36.7 Å². The molecule has 0 bridgehead atoms. The van der Waals surface area contributed by atoms with Crippen LogP contribution in [0.3, 0.4) is 0 Å². The van der Waals surface area contributed by atoms with Crippen molar-refractivity contribution in [2.75, 3.05) is 11.9 Å². The number of benzene rings is 1. The van der Waals surface area contributed by atoms with Gasteiger partial charge in [-0.25, -0.2) is 14.4 Å². The predicted molar refractivity (Wildman–Crippen MR) is 73.8 cm³/mol. The molecular weight excluding hydrogens is 243 g/mol. The number of nitrogens with zero attached hydrogens (tertiary/aromatic N) is 3. The van der Waals surface area contributed by atoms with Gasteiger partial charge in [-0.15, -0.1) is 0 Å². The topological polar surface area (TPSA) is 55.0 Å². The molecule has 0 spiro atoms. The van der Waals surface area contributed by atoms with Crippen molar-refractivity contribution in [3.8, 4) is 0 Å². The molecule has 1 aromatic heterocycles. The smallest absolute Gasteiger partial charge is 0.229 e. The van der Waals surface area contributed by atoms with Crippen molar-refractivity contribution in [2.24, 2.45) is 5.73 Å². The monoisotopic (exact) mass is 260 g/mol. The quantitative estimate of drug-likeness (QED) is 0.916. The van der Waals surface area contributed by atoms with Gasteiger partial charge in [0.25, 0.3) is 0 Å². The van der Waals surface area contributed by atoms with Gasteiger partial charge in [0.2, 0.25) is 5.95 Å². The van der Waals surface area contributed by atoms with Crippen LogP contribution in [0.1, 0.15) is 12.5 Å². The van der Waals surface area contributed by atoms with Gasteiger partial charge in [-0.1, -0.05) is 6.07 Å². The van der Waals surface area contributed by atoms with Crippen molar-refractivity contribution >= 4 is 11.6 Å². The highest BCUT2D eigenvalue weighted by Crippen LogP contribution is 2.20. The highest BCUT2D eigenvalue weighted by molar-refractivity contribution is 5.55. The average molecular weight is 260 g/mol. The molecule has 0 saturated heterocycles. The molecule has 0 amide bonds. The number of nitrogens with two attached hydrogens (primary N) is 1. The summed E-state index contributed by atoms with van der Waals surface area (Å²) < 4.78 is 13.2. The molecule has 5 heteroatoms. The van der Waals surface area contributed by atoms with E-state index in [1.165, 1.54) is 12.1 Å². The fourth-order valence-electron chi connectivity index (χ4n) is 1.80. The van der Waals surface area contributed by atoms with Gasteiger partial charge in [0.15, 0.2) is 0 Å². The van der Waals surface area contributed by atoms with Gasteiger partial charge >= 0.3 is 0 Å². The summed E-state index contributed by atoms with van der Waals surface area (Å²) in [5.41, 5.74) is 7.42. The van der Waals surface area contributed by atoms with E-state index in [-0.39, 0.29) is 11.9 Å². The predicted octanol–water partition coefficient (Wildman–Crippen LogP) is 2.27. The van der Waals surface area contributed by atoms with Gasteiger partial charge < -0.3 is 10.6 Å². The van der Waals surface area contributed by atoms with E-state index in [1.54, 1.807) is 30.4 Å². The Morgan fingerprint density at radius 3 is 2.58 bits per heavy atom. The summed E-state index contributed by atoms with van der Waals surface area (Å²) in [6.07, 6.45) is 4.24. The fraction of sp³-hybridized carbons (Fsp3) is 0.286. The molecule has 0 saturated carbocycles. The van der Waals surface area contributed by atoms with E-state index in [9.17, 15) is 4.39 Å². The summed E-state index contributed by atoms with van der Waals surface area (Å²) in [5.74, 6) is 0.247. The molecular formula is C14H17FN4. The van der Waals surface area contributed by atoms with Crippen LogP contribution in [0.25, 0.3) is 0 Å². The van der Waals surface area contributed by atoms with Crippen molar-refractivity contribution in [1.82, 2.24) is 9.97 Å². The Morgan fingerprint density at radius 2 is 2.00 bits per heavy atom. The zero-order valence-corrected chi connectivity index (χ0v) is 11.0. The molecule has 0 fully saturated rings. The van der Waals surface area contributed by atoms with Gasteiger partial charge in [-0.2, -0.15) is 0 Å². The van der Waals surface area contributed by atoms with E-state index in [1.807, 2.05) is 13.0 Å². The molecule has 1 heterocycles. The van der Waals surface area contributed by atoms with Crippen molar-refractivity contribution in [3.63, 3.8) is 0 Å². The Hall–Kier alpha value is -2.01. The Bertz CT molecular complexity index is 539. The Morgan fingerprint density at radius 1 is 1.32 bits per heavy atom. The second kappa shape index (κ2) is 5.75. The lowest BCUT2D eigenvalue weighted by molar-refractivity contribution is 0.628. The van der Waals surface area contributed by atoms with Crippen molar-refractivity contribution in [1.29, 1.82) is 0 Å². The van der Waals surface area contributed by atoms with Crippen LogP contribution in [0.2, 0.25) is 0 Å². The van der Waals surface area contributed by atoms with E-state index in [0.717, 1.165) is 12.0 Å². The van der Waals surface area contributed by atoms with E-state index in [2.05, 4.69) is 9.97 Å². The summed E-state index contributed by atoms with van der Waals surface area (Å²) in [4.78, 5) is 10.3. The Labute approximate surface area is 112 Å². The lowest BCUT2D eigenvalue weighted by atomic mass is 10.1. The molecule has 2 aromatic rings. The number of anilines is 2. The van der Waals surface area contributed by atoms with Crippen molar-refractivity contribution in [3.05, 3.63) is 48.0 Å². The van der Waals surface area contributed by atoms with E-state index < -0.39 is 0 Å². The van der Waals surface area contributed by atoms with Crippen molar-refractivity contribution < 1.29 is 4.39 Å². The summed E-state index contributed by atoms with van der Waals surface area (Å²) >= 11 is 0. The lowest BCUT2D eigenvalue weighted by Crippen LogP contribution is -2.18. The fourth-order valence-corrected chi connectivity index (χ4v) is 1.80. The molecule has 2 N–H and O–H groups in total. The van der Waals surface area contributed by atoms with Crippen LogP contribution in [-0.4, -0.2) is 23.1 Å². The molecule has 0 radical (unpaired) electrons. The van der Waals surface area contributed by atoms with Crippen LogP contribution in [0, 0.1) is 5.82 Å². The molecule has 0 aliphatic heterocycles. The third kappa shape index (κ3) is 3.48. The van der Waals surface area contributed by atoms with Gasteiger partial charge in [-0.3, -0.25) is 0 Å². The van der Waals surface area contributed by atoms with Gasteiger partial charge in [0, 0.05) is 31.2 Å². The summed E-state index contributed by atoms with van der Waals surface area (Å²) in [7, 11) is 1.80. The number of hydrogen-bond acceptors (Lipinski definition) is 4. The number of halogens is 1. The van der Waals surface area contributed by atoms with Crippen LogP contribution in [-0.2, 0) is 6.42 Å². The van der Waals surface area contributed by atoms with Crippen LogP contribution in [0.4, 0.5) is 16.0 Å². The van der Waals surface area contributed by atoms with Gasteiger partial charge in [0.05, 0.1) is 0 Å². The van der Waals surface area contributed by atoms with E-state index in [4.69, 9.17) is 5.73 Å². The lowest BCUT2D eigenvalue weighted by Gasteiger charge is -2.17. The summed E-state index contributed by atoms with van der Waals surface area (Å²) in [6, 6.07) is 6.40. The number of aromatic nitrogens is 2. The summed E-state index contributed by atoms with van der Waals surface area (Å²) in [6.45, 7) is 1.94. The zero-order chi connectivity index (χ0) is 13.8.